The van der Waals surface area contributed by atoms with Gasteiger partial charge in [0.25, 0.3) is 0 Å². The Morgan fingerprint density at radius 3 is 2.85 bits per heavy atom. The number of benzene rings is 1. The summed E-state index contributed by atoms with van der Waals surface area (Å²) in [5.41, 5.74) is 0.587. The van der Waals surface area contributed by atoms with Crippen LogP contribution in [0.5, 0.6) is 0 Å². The number of nitriles is 1. The van der Waals surface area contributed by atoms with Gasteiger partial charge in [-0.15, -0.1) is 0 Å². The van der Waals surface area contributed by atoms with Crippen LogP contribution >= 0.6 is 11.8 Å². The van der Waals surface area contributed by atoms with Crippen molar-refractivity contribution in [1.82, 2.24) is 15.3 Å². The van der Waals surface area contributed by atoms with Gasteiger partial charge in [0.15, 0.2) is 11.4 Å². The number of hydrogen-bond acceptors (Lipinski definition) is 4. The number of aliphatic imine (C=N–C) groups is 1. The van der Waals surface area contributed by atoms with Gasteiger partial charge in [-0.05, 0) is 18.4 Å². The molecule has 0 aliphatic rings. The average molecular weight is 299 g/mol. The van der Waals surface area contributed by atoms with Crippen LogP contribution in [0.25, 0.3) is 11.0 Å². The second kappa shape index (κ2) is 5.42. The molecule has 0 amide bonds. The van der Waals surface area contributed by atoms with Crippen molar-refractivity contribution in [3.8, 4) is 6.19 Å². The highest BCUT2D eigenvalue weighted by molar-refractivity contribution is 8.13. The van der Waals surface area contributed by atoms with Crippen LogP contribution in [0.4, 0.5) is 18.9 Å². The van der Waals surface area contributed by atoms with E-state index in [1.54, 1.807) is 18.5 Å². The molecule has 2 aromatic rings. The van der Waals surface area contributed by atoms with E-state index in [0.29, 0.717) is 0 Å². The van der Waals surface area contributed by atoms with Gasteiger partial charge in [0.1, 0.15) is 5.52 Å². The maximum Gasteiger partial charge on any atom is 0.449 e. The molecule has 0 aliphatic heterocycles. The van der Waals surface area contributed by atoms with Gasteiger partial charge in [-0.3, -0.25) is 5.32 Å². The van der Waals surface area contributed by atoms with Crippen molar-refractivity contribution < 1.29 is 13.2 Å². The van der Waals surface area contributed by atoms with Crippen molar-refractivity contribution in [2.45, 2.75) is 6.18 Å². The maximum atomic E-state index is 12.6. The Labute approximate surface area is 115 Å². The molecule has 5 nitrogen and oxygen atoms in total. The monoisotopic (exact) mass is 299 g/mol. The molecule has 1 aromatic heterocycles. The van der Waals surface area contributed by atoms with Crippen LogP contribution in [0.3, 0.4) is 0 Å². The minimum absolute atomic E-state index is 0.103. The van der Waals surface area contributed by atoms with E-state index in [1.807, 2.05) is 0 Å². The number of aromatic amines is 1. The number of imidazole rings is 1. The Bertz CT molecular complexity index is 698. The van der Waals surface area contributed by atoms with Crippen molar-refractivity contribution >= 4 is 33.7 Å². The predicted molar refractivity (Wildman–Crippen MR) is 70.5 cm³/mol. The Kier molecular flexibility index (Phi) is 3.85. The summed E-state index contributed by atoms with van der Waals surface area (Å²) in [6, 6.07) is 4.56. The lowest BCUT2D eigenvalue weighted by molar-refractivity contribution is -0.144. The summed E-state index contributed by atoms with van der Waals surface area (Å²) in [7, 11) is 0. The summed E-state index contributed by atoms with van der Waals surface area (Å²) >= 11 is 1.17. The standard InChI is InChI=1S/C11H8F3N5S/c1-20-10(16-5-15)18-7-4-2-3-6-8(7)19-9(17-6)11(12,13)14/h2-4H,1H3,(H,16,18)(H,17,19). The third kappa shape index (κ3) is 2.85. The van der Waals surface area contributed by atoms with E-state index in [2.05, 4.69) is 20.3 Å². The maximum absolute atomic E-state index is 12.6. The lowest BCUT2D eigenvalue weighted by atomic mass is 10.3. The van der Waals surface area contributed by atoms with Crippen LogP contribution in [0.2, 0.25) is 0 Å². The van der Waals surface area contributed by atoms with Gasteiger partial charge in [-0.25, -0.2) is 9.98 Å². The molecule has 0 saturated heterocycles. The van der Waals surface area contributed by atoms with Crippen molar-refractivity contribution in [3.63, 3.8) is 0 Å². The second-order valence-electron chi connectivity index (χ2n) is 3.61. The molecule has 2 N–H and O–H groups in total. The number of nitrogens with zero attached hydrogens (tertiary/aromatic N) is 3. The lowest BCUT2D eigenvalue weighted by Crippen LogP contribution is -2.12. The minimum atomic E-state index is -4.55. The number of halogens is 3. The number of fused-ring (bicyclic) bond motifs is 1. The van der Waals surface area contributed by atoms with Gasteiger partial charge >= 0.3 is 6.18 Å². The van der Waals surface area contributed by atoms with Crippen LogP contribution in [0, 0.1) is 11.5 Å². The van der Waals surface area contributed by atoms with Crippen LogP contribution in [-0.2, 0) is 6.18 Å². The summed E-state index contributed by atoms with van der Waals surface area (Å²) in [5, 5.41) is 11.2. The summed E-state index contributed by atoms with van der Waals surface area (Å²) in [6.45, 7) is 0. The Balaban J connectivity index is 2.55. The van der Waals surface area contributed by atoms with E-state index in [0.717, 1.165) is 0 Å². The Hall–Kier alpha value is -2.21. The topological polar surface area (TPSA) is 76.9 Å². The fourth-order valence-corrected chi connectivity index (χ4v) is 1.86. The normalized spacial score (nSPS) is 12.4. The molecular weight excluding hydrogens is 291 g/mol. The first-order chi connectivity index (χ1) is 9.45. The number of thioether (sulfide) groups is 1. The van der Waals surface area contributed by atoms with E-state index < -0.39 is 12.0 Å². The Morgan fingerprint density at radius 2 is 2.25 bits per heavy atom. The van der Waals surface area contributed by atoms with E-state index >= 15 is 0 Å². The summed E-state index contributed by atoms with van der Waals surface area (Å²) in [4.78, 5) is 9.81. The van der Waals surface area contributed by atoms with Crippen LogP contribution in [-0.4, -0.2) is 21.4 Å². The molecule has 1 aromatic carbocycles. The van der Waals surface area contributed by atoms with Crippen molar-refractivity contribution in [1.29, 1.82) is 5.26 Å². The van der Waals surface area contributed by atoms with Crippen molar-refractivity contribution in [2.24, 2.45) is 4.99 Å². The largest absolute Gasteiger partial charge is 0.449 e. The third-order valence-electron chi connectivity index (χ3n) is 2.34. The first-order valence-corrected chi connectivity index (χ1v) is 6.52. The fraction of sp³-hybridized carbons (Fsp3) is 0.182. The zero-order chi connectivity index (χ0) is 14.8. The van der Waals surface area contributed by atoms with Crippen LogP contribution in [0.15, 0.2) is 23.2 Å². The number of H-pyrrole nitrogens is 1. The first kappa shape index (κ1) is 14.2. The van der Waals surface area contributed by atoms with Gasteiger partial charge in [0.2, 0.25) is 5.82 Å². The zero-order valence-corrected chi connectivity index (χ0v) is 10.9. The van der Waals surface area contributed by atoms with E-state index in [4.69, 9.17) is 5.26 Å². The predicted octanol–water partition coefficient (Wildman–Crippen LogP) is 3.00. The quantitative estimate of drug-likeness (QED) is 0.367. The van der Waals surface area contributed by atoms with E-state index in [9.17, 15) is 13.2 Å². The molecule has 1 heterocycles. The molecule has 0 aliphatic carbocycles. The van der Waals surface area contributed by atoms with Gasteiger partial charge < -0.3 is 4.98 Å². The number of alkyl halides is 3. The molecule has 0 radical (unpaired) electrons. The number of aromatic nitrogens is 2. The molecule has 0 spiro atoms. The zero-order valence-electron chi connectivity index (χ0n) is 10.1. The Morgan fingerprint density at radius 1 is 1.50 bits per heavy atom. The van der Waals surface area contributed by atoms with Gasteiger partial charge in [-0.1, -0.05) is 17.8 Å². The minimum Gasteiger partial charge on any atom is -0.334 e. The number of hydrogen-bond donors (Lipinski definition) is 2. The lowest BCUT2D eigenvalue weighted by Gasteiger charge is -2.00. The highest BCUT2D eigenvalue weighted by Crippen LogP contribution is 2.31. The summed E-state index contributed by atoms with van der Waals surface area (Å²) in [6.07, 6.45) is -1.15. The van der Waals surface area contributed by atoms with E-state index in [-0.39, 0.29) is 21.9 Å². The van der Waals surface area contributed by atoms with Crippen LogP contribution < -0.4 is 5.32 Å². The molecular formula is C11H8F3N5S. The number of amidine groups is 1. The summed E-state index contributed by atoms with van der Waals surface area (Å²) in [5.74, 6) is -1.07. The first-order valence-electron chi connectivity index (χ1n) is 5.29. The molecule has 20 heavy (non-hydrogen) atoms. The van der Waals surface area contributed by atoms with Crippen molar-refractivity contribution in [3.05, 3.63) is 24.0 Å². The molecule has 0 bridgehead atoms. The number of para-hydroxylation sites is 1. The highest BCUT2D eigenvalue weighted by atomic mass is 32.2. The SMILES string of the molecule is CSC(=Nc1cccc2[nH]c(C(F)(F)F)nc12)NC#N. The third-order valence-corrected chi connectivity index (χ3v) is 2.92. The molecule has 0 saturated carbocycles. The molecule has 0 atom stereocenters. The highest BCUT2D eigenvalue weighted by Gasteiger charge is 2.35. The molecule has 2 rings (SSSR count). The number of rotatable bonds is 1. The van der Waals surface area contributed by atoms with E-state index in [1.165, 1.54) is 23.9 Å². The second-order valence-corrected chi connectivity index (χ2v) is 4.41. The van der Waals surface area contributed by atoms with Crippen molar-refractivity contribution in [2.75, 3.05) is 6.26 Å². The van der Waals surface area contributed by atoms with Gasteiger partial charge in [0.05, 0.1) is 11.2 Å². The number of nitrogens with one attached hydrogen (secondary N) is 2. The summed E-state index contributed by atoms with van der Waals surface area (Å²) < 4.78 is 37.9. The van der Waals surface area contributed by atoms with Gasteiger partial charge in [-0.2, -0.15) is 18.4 Å². The smallest absolute Gasteiger partial charge is 0.334 e. The van der Waals surface area contributed by atoms with Crippen LogP contribution in [0.1, 0.15) is 5.82 Å². The molecule has 9 heteroatoms. The molecule has 0 unspecified atom stereocenters. The van der Waals surface area contributed by atoms with Gasteiger partial charge in [0, 0.05) is 0 Å². The molecule has 104 valence electrons. The average Bonchev–Trinajstić information content (AvgIpc) is 2.83. The fourth-order valence-electron chi connectivity index (χ4n) is 1.52. The molecule has 0 fully saturated rings.